The molecule has 1 N–H and O–H groups in total. The molecular formula is C23H23N5O2. The zero-order chi connectivity index (χ0) is 20.2. The van der Waals surface area contributed by atoms with Crippen molar-refractivity contribution in [2.45, 2.75) is 25.3 Å². The third kappa shape index (κ3) is 2.81. The van der Waals surface area contributed by atoms with Gasteiger partial charge in [-0.1, -0.05) is 12.1 Å². The van der Waals surface area contributed by atoms with Crippen LogP contribution in [0.5, 0.6) is 0 Å². The van der Waals surface area contributed by atoms with Gasteiger partial charge in [0.15, 0.2) is 5.65 Å². The van der Waals surface area contributed by atoms with E-state index in [1.165, 1.54) is 23.3 Å². The fraction of sp³-hybridized carbons (Fsp3) is 0.348. The number of aromatic nitrogens is 2. The van der Waals surface area contributed by atoms with Gasteiger partial charge in [0.05, 0.1) is 29.1 Å². The number of benzene rings is 1. The monoisotopic (exact) mass is 401 g/mol. The molecule has 2 fully saturated rings. The van der Waals surface area contributed by atoms with E-state index >= 15 is 0 Å². The lowest BCUT2D eigenvalue weighted by Gasteiger charge is -2.30. The number of nitrogens with one attached hydrogen (secondary N) is 1. The minimum absolute atomic E-state index is 0.188. The lowest BCUT2D eigenvalue weighted by atomic mass is 10.1. The second-order valence-corrected chi connectivity index (χ2v) is 8.38. The average Bonchev–Trinajstić information content (AvgIpc) is 3.51. The standard InChI is InChI=1S/C23H23N5O2/c29-22-18-3-1-2-4-19(18)23(30)28(22)14-17-13-27-12-16(15-5-6-15)11-20(21(27)25-17)26-9-7-24-8-10-26/h1-4,11-13,15,24H,5-10,14H2. The number of imide groups is 1. The van der Waals surface area contributed by atoms with E-state index in [1.807, 2.05) is 6.20 Å². The molecule has 7 nitrogen and oxygen atoms in total. The highest BCUT2D eigenvalue weighted by Crippen LogP contribution is 2.42. The number of hydrogen-bond donors (Lipinski definition) is 1. The summed E-state index contributed by atoms with van der Waals surface area (Å²) in [6.07, 6.45) is 6.61. The Labute approximate surface area is 174 Å². The molecule has 1 saturated heterocycles. The van der Waals surface area contributed by atoms with Crippen molar-refractivity contribution in [2.75, 3.05) is 31.1 Å². The van der Waals surface area contributed by atoms with E-state index in [0.29, 0.717) is 17.0 Å². The van der Waals surface area contributed by atoms with Gasteiger partial charge in [0.25, 0.3) is 11.8 Å². The van der Waals surface area contributed by atoms with E-state index in [4.69, 9.17) is 4.98 Å². The Balaban J connectivity index is 1.37. The van der Waals surface area contributed by atoms with E-state index in [0.717, 1.165) is 43.2 Å². The first-order valence-corrected chi connectivity index (χ1v) is 10.6. The number of imidazole rings is 1. The van der Waals surface area contributed by atoms with Gasteiger partial charge in [0, 0.05) is 38.6 Å². The molecule has 0 atom stereocenters. The molecule has 0 bridgehead atoms. The van der Waals surface area contributed by atoms with E-state index in [9.17, 15) is 9.59 Å². The number of fused-ring (bicyclic) bond motifs is 2. The number of rotatable bonds is 4. The third-order valence-electron chi connectivity index (χ3n) is 6.31. The lowest BCUT2D eigenvalue weighted by molar-refractivity contribution is 0.0640. The first-order valence-electron chi connectivity index (χ1n) is 10.6. The van der Waals surface area contributed by atoms with Crippen LogP contribution in [0.3, 0.4) is 0 Å². The number of carbonyl (C=O) groups excluding carboxylic acids is 2. The number of amides is 2. The zero-order valence-corrected chi connectivity index (χ0v) is 16.7. The molecule has 1 aromatic carbocycles. The molecule has 152 valence electrons. The molecule has 3 aliphatic rings. The molecule has 4 heterocycles. The van der Waals surface area contributed by atoms with Crippen molar-refractivity contribution in [3.05, 3.63) is 65.1 Å². The van der Waals surface area contributed by atoms with Gasteiger partial charge in [-0.15, -0.1) is 0 Å². The maximum atomic E-state index is 12.7. The highest BCUT2D eigenvalue weighted by atomic mass is 16.2. The van der Waals surface area contributed by atoms with Crippen molar-refractivity contribution in [2.24, 2.45) is 0 Å². The smallest absolute Gasteiger partial charge is 0.261 e. The highest BCUT2D eigenvalue weighted by molar-refractivity contribution is 6.21. The quantitative estimate of drug-likeness (QED) is 0.680. The second-order valence-electron chi connectivity index (χ2n) is 8.38. The summed E-state index contributed by atoms with van der Waals surface area (Å²) in [5.74, 6) is 0.153. The number of hydrogen-bond acceptors (Lipinski definition) is 5. The van der Waals surface area contributed by atoms with Gasteiger partial charge in [-0.2, -0.15) is 0 Å². The largest absolute Gasteiger partial charge is 0.366 e. The van der Waals surface area contributed by atoms with Crippen LogP contribution in [0.4, 0.5) is 5.69 Å². The molecule has 2 amide bonds. The Morgan fingerprint density at radius 2 is 1.70 bits per heavy atom. The van der Waals surface area contributed by atoms with Crippen LogP contribution in [0.2, 0.25) is 0 Å². The third-order valence-corrected chi connectivity index (χ3v) is 6.31. The maximum absolute atomic E-state index is 12.7. The van der Waals surface area contributed by atoms with E-state index in [2.05, 4.69) is 26.9 Å². The summed E-state index contributed by atoms with van der Waals surface area (Å²) in [6.45, 7) is 4.01. The van der Waals surface area contributed by atoms with Gasteiger partial charge in [-0.25, -0.2) is 4.98 Å². The number of pyridine rings is 1. The summed E-state index contributed by atoms with van der Waals surface area (Å²) in [5.41, 5.74) is 5.07. The van der Waals surface area contributed by atoms with E-state index in [-0.39, 0.29) is 18.4 Å². The highest BCUT2D eigenvalue weighted by Gasteiger charge is 2.35. The Morgan fingerprint density at radius 3 is 2.37 bits per heavy atom. The second kappa shape index (κ2) is 6.67. The fourth-order valence-electron chi connectivity index (χ4n) is 4.55. The van der Waals surface area contributed by atoms with Crippen molar-refractivity contribution in [1.29, 1.82) is 0 Å². The van der Waals surface area contributed by atoms with Gasteiger partial charge in [0.2, 0.25) is 0 Å². The normalized spacial score (nSPS) is 19.1. The van der Waals surface area contributed by atoms with Gasteiger partial charge in [-0.3, -0.25) is 14.5 Å². The molecule has 6 rings (SSSR count). The molecule has 3 aromatic rings. The molecule has 2 aromatic heterocycles. The van der Waals surface area contributed by atoms with Crippen molar-refractivity contribution in [3.63, 3.8) is 0 Å². The van der Waals surface area contributed by atoms with Crippen LogP contribution in [0, 0.1) is 0 Å². The van der Waals surface area contributed by atoms with Crippen LogP contribution in [-0.2, 0) is 6.54 Å². The molecule has 30 heavy (non-hydrogen) atoms. The maximum Gasteiger partial charge on any atom is 0.261 e. The van der Waals surface area contributed by atoms with Crippen LogP contribution in [0.15, 0.2) is 42.7 Å². The van der Waals surface area contributed by atoms with Crippen molar-refractivity contribution in [3.8, 4) is 0 Å². The molecule has 1 saturated carbocycles. The summed E-state index contributed by atoms with van der Waals surface area (Å²) in [6, 6.07) is 9.29. The van der Waals surface area contributed by atoms with Gasteiger partial charge in [-0.05, 0) is 42.5 Å². The molecule has 0 spiro atoms. The Hall–Kier alpha value is -3.19. The van der Waals surface area contributed by atoms with Crippen LogP contribution in [-0.4, -0.2) is 52.3 Å². The van der Waals surface area contributed by atoms with E-state index < -0.39 is 0 Å². The van der Waals surface area contributed by atoms with Crippen LogP contribution < -0.4 is 10.2 Å². The summed E-state index contributed by atoms with van der Waals surface area (Å²) in [4.78, 5) is 34.0. The summed E-state index contributed by atoms with van der Waals surface area (Å²) >= 11 is 0. The number of nitrogens with zero attached hydrogens (tertiary/aromatic N) is 4. The SMILES string of the molecule is O=C1c2ccccc2C(=O)N1Cc1cn2cc(C3CC3)cc(N3CCNCC3)c2n1. The Morgan fingerprint density at radius 1 is 1.00 bits per heavy atom. The van der Waals surface area contributed by atoms with Crippen LogP contribution in [0.25, 0.3) is 5.65 Å². The minimum atomic E-state index is -0.242. The Bertz CT molecular complexity index is 1140. The topological polar surface area (TPSA) is 70.0 Å². The minimum Gasteiger partial charge on any atom is -0.366 e. The molecular weight excluding hydrogens is 378 g/mol. The average molecular weight is 401 g/mol. The van der Waals surface area contributed by atoms with Gasteiger partial charge < -0.3 is 14.6 Å². The molecule has 2 aliphatic heterocycles. The first kappa shape index (κ1) is 17.7. The predicted molar refractivity (Wildman–Crippen MR) is 113 cm³/mol. The number of carbonyl (C=O) groups is 2. The molecule has 0 radical (unpaired) electrons. The van der Waals surface area contributed by atoms with Gasteiger partial charge in [0.1, 0.15) is 0 Å². The number of anilines is 1. The van der Waals surface area contributed by atoms with E-state index in [1.54, 1.807) is 24.3 Å². The van der Waals surface area contributed by atoms with Crippen molar-refractivity contribution in [1.82, 2.24) is 19.6 Å². The lowest BCUT2D eigenvalue weighted by Crippen LogP contribution is -2.43. The summed E-state index contributed by atoms with van der Waals surface area (Å²) in [5, 5.41) is 3.40. The predicted octanol–water partition coefficient (Wildman–Crippen LogP) is 2.42. The Kier molecular flexibility index (Phi) is 3.92. The van der Waals surface area contributed by atoms with Gasteiger partial charge >= 0.3 is 0 Å². The molecule has 1 aliphatic carbocycles. The molecule has 0 unspecified atom stereocenters. The van der Waals surface area contributed by atoms with Crippen molar-refractivity contribution >= 4 is 23.1 Å². The summed E-state index contributed by atoms with van der Waals surface area (Å²) < 4.78 is 2.08. The first-order chi connectivity index (χ1) is 14.7. The van der Waals surface area contributed by atoms with Crippen molar-refractivity contribution < 1.29 is 9.59 Å². The van der Waals surface area contributed by atoms with Crippen LogP contribution in [0.1, 0.15) is 50.7 Å². The molecule has 7 heteroatoms. The zero-order valence-electron chi connectivity index (χ0n) is 16.7. The number of piperazine rings is 1. The van der Waals surface area contributed by atoms with Crippen LogP contribution >= 0.6 is 0 Å². The summed E-state index contributed by atoms with van der Waals surface area (Å²) in [7, 11) is 0. The fourth-order valence-corrected chi connectivity index (χ4v) is 4.55.